The molecule has 3 nitrogen and oxygen atoms in total. The molecular formula is C17H32O3S. The number of hydrogen-bond acceptors (Lipinski definition) is 4. The van der Waals surface area contributed by atoms with Crippen LogP contribution < -0.4 is 0 Å². The zero-order valence-electron chi connectivity index (χ0n) is 14.2. The van der Waals surface area contributed by atoms with Gasteiger partial charge in [0.2, 0.25) is 0 Å². The van der Waals surface area contributed by atoms with E-state index in [2.05, 4.69) is 20.8 Å². The lowest BCUT2D eigenvalue weighted by atomic mass is 9.93. The average molecular weight is 317 g/mol. The lowest BCUT2D eigenvalue weighted by Gasteiger charge is -2.26. The van der Waals surface area contributed by atoms with E-state index in [9.17, 15) is 4.79 Å². The van der Waals surface area contributed by atoms with Crippen molar-refractivity contribution in [1.29, 1.82) is 0 Å². The van der Waals surface area contributed by atoms with E-state index in [1.54, 1.807) is 6.92 Å². The van der Waals surface area contributed by atoms with Crippen LogP contribution in [0.2, 0.25) is 0 Å². The molecule has 0 aliphatic carbocycles. The van der Waals surface area contributed by atoms with Gasteiger partial charge in [-0.05, 0) is 38.0 Å². The molecule has 0 aromatic rings. The average Bonchev–Trinajstić information content (AvgIpc) is 2.37. The molecule has 2 atom stereocenters. The highest BCUT2D eigenvalue weighted by molar-refractivity contribution is 8.14. The van der Waals surface area contributed by atoms with Crippen LogP contribution in [-0.4, -0.2) is 29.4 Å². The Labute approximate surface area is 134 Å². The number of ether oxygens (including phenoxy) is 2. The van der Waals surface area contributed by atoms with E-state index in [4.69, 9.17) is 9.47 Å². The van der Waals surface area contributed by atoms with Gasteiger partial charge in [-0.3, -0.25) is 4.79 Å². The lowest BCUT2D eigenvalue weighted by Crippen LogP contribution is -2.22. The maximum Gasteiger partial charge on any atom is 0.186 e. The Hall–Kier alpha value is -0.0600. The van der Waals surface area contributed by atoms with E-state index >= 15 is 0 Å². The molecule has 1 heterocycles. The summed E-state index contributed by atoms with van der Waals surface area (Å²) in [6, 6.07) is 0. The molecule has 124 valence electrons. The second-order valence-corrected chi connectivity index (χ2v) is 8.71. The molecular weight excluding hydrogens is 284 g/mol. The molecule has 2 unspecified atom stereocenters. The summed E-state index contributed by atoms with van der Waals surface area (Å²) in [6.07, 6.45) is 8.07. The third-order valence-electron chi connectivity index (χ3n) is 3.79. The zero-order valence-corrected chi connectivity index (χ0v) is 15.0. The molecule has 4 heteroatoms. The summed E-state index contributed by atoms with van der Waals surface area (Å²) in [7, 11) is 0. The van der Waals surface area contributed by atoms with Gasteiger partial charge in [0.1, 0.15) is 0 Å². The van der Waals surface area contributed by atoms with Gasteiger partial charge in [0.05, 0.1) is 0 Å². The Morgan fingerprint density at radius 2 is 2.14 bits per heavy atom. The quantitative estimate of drug-likeness (QED) is 0.573. The van der Waals surface area contributed by atoms with Gasteiger partial charge < -0.3 is 9.47 Å². The van der Waals surface area contributed by atoms with Crippen molar-refractivity contribution in [3.8, 4) is 0 Å². The molecule has 1 rings (SSSR count). The minimum atomic E-state index is 0.0436. The molecule has 1 aliphatic heterocycles. The first kappa shape index (κ1) is 19.0. The van der Waals surface area contributed by atoms with Gasteiger partial charge in [-0.1, -0.05) is 45.4 Å². The SMILES string of the molecule is CC(=O)SC(C)(C)CC(C)CCCCOC1CCCCO1. The van der Waals surface area contributed by atoms with Crippen molar-refractivity contribution < 1.29 is 14.3 Å². The van der Waals surface area contributed by atoms with Gasteiger partial charge in [-0.15, -0.1) is 0 Å². The Morgan fingerprint density at radius 1 is 1.38 bits per heavy atom. The van der Waals surface area contributed by atoms with Crippen molar-refractivity contribution in [2.45, 2.75) is 83.7 Å². The summed E-state index contributed by atoms with van der Waals surface area (Å²) < 4.78 is 11.4. The highest BCUT2D eigenvalue weighted by Gasteiger charge is 2.23. The van der Waals surface area contributed by atoms with Crippen molar-refractivity contribution in [2.75, 3.05) is 13.2 Å². The highest BCUT2D eigenvalue weighted by atomic mass is 32.2. The van der Waals surface area contributed by atoms with Crippen molar-refractivity contribution >= 4 is 16.9 Å². The number of rotatable bonds is 9. The molecule has 21 heavy (non-hydrogen) atoms. The second-order valence-electron chi connectivity index (χ2n) is 6.83. The third-order valence-corrected chi connectivity index (χ3v) is 4.80. The number of carbonyl (C=O) groups is 1. The maximum atomic E-state index is 11.2. The van der Waals surface area contributed by atoms with Crippen molar-refractivity contribution in [2.24, 2.45) is 5.92 Å². The standard InChI is InChI=1S/C17H32O3S/c1-14(13-17(3,4)21-15(2)18)9-5-7-11-19-16-10-6-8-12-20-16/h14,16H,5-13H2,1-4H3. The van der Waals surface area contributed by atoms with Crippen molar-refractivity contribution in [3.05, 3.63) is 0 Å². The van der Waals surface area contributed by atoms with E-state index in [1.807, 2.05) is 0 Å². The van der Waals surface area contributed by atoms with Crippen molar-refractivity contribution in [3.63, 3.8) is 0 Å². The fraction of sp³-hybridized carbons (Fsp3) is 0.941. The minimum Gasteiger partial charge on any atom is -0.353 e. The predicted octanol–water partition coefficient (Wildman–Crippen LogP) is 4.78. The van der Waals surface area contributed by atoms with Crippen LogP contribution in [0.15, 0.2) is 0 Å². The third kappa shape index (κ3) is 9.54. The topological polar surface area (TPSA) is 35.5 Å². The molecule has 0 aromatic carbocycles. The largest absolute Gasteiger partial charge is 0.353 e. The van der Waals surface area contributed by atoms with E-state index in [1.165, 1.54) is 37.4 Å². The molecule has 0 aromatic heterocycles. The first-order chi connectivity index (χ1) is 9.89. The normalized spacial score (nSPS) is 21.2. The molecule has 1 saturated heterocycles. The Balaban J connectivity index is 2.04. The van der Waals surface area contributed by atoms with Gasteiger partial charge in [0.25, 0.3) is 0 Å². The monoisotopic (exact) mass is 316 g/mol. The first-order valence-electron chi connectivity index (χ1n) is 8.32. The lowest BCUT2D eigenvalue weighted by molar-refractivity contribution is -0.162. The number of unbranched alkanes of at least 4 members (excludes halogenated alkanes) is 1. The van der Waals surface area contributed by atoms with Gasteiger partial charge in [0, 0.05) is 24.9 Å². The second kappa shape index (κ2) is 9.86. The van der Waals surface area contributed by atoms with Crippen molar-refractivity contribution in [1.82, 2.24) is 0 Å². The van der Waals surface area contributed by atoms with Crippen LogP contribution in [0.5, 0.6) is 0 Å². The molecule has 1 fully saturated rings. The number of thioether (sulfide) groups is 1. The Morgan fingerprint density at radius 3 is 2.76 bits per heavy atom. The van der Waals surface area contributed by atoms with Crippen LogP contribution in [0.4, 0.5) is 0 Å². The van der Waals surface area contributed by atoms with Crippen LogP contribution in [0.1, 0.15) is 72.6 Å². The maximum absolute atomic E-state index is 11.2. The summed E-state index contributed by atoms with van der Waals surface area (Å²) in [5, 5.41) is 0.216. The van der Waals surface area contributed by atoms with E-state index in [0.717, 1.165) is 32.5 Å². The molecule has 0 spiro atoms. The summed E-state index contributed by atoms with van der Waals surface area (Å²) in [5.74, 6) is 0.651. The highest BCUT2D eigenvalue weighted by Crippen LogP contribution is 2.33. The summed E-state index contributed by atoms with van der Waals surface area (Å²) >= 11 is 1.47. The van der Waals surface area contributed by atoms with E-state index < -0.39 is 0 Å². The first-order valence-corrected chi connectivity index (χ1v) is 9.13. The molecule has 0 amide bonds. The molecule has 0 saturated carbocycles. The van der Waals surface area contributed by atoms with Crippen LogP contribution in [0.25, 0.3) is 0 Å². The predicted molar refractivity (Wildman–Crippen MR) is 89.5 cm³/mol. The summed E-state index contributed by atoms with van der Waals surface area (Å²) in [4.78, 5) is 11.2. The number of hydrogen-bond donors (Lipinski definition) is 0. The smallest absolute Gasteiger partial charge is 0.186 e. The zero-order chi connectivity index (χ0) is 15.7. The van der Waals surface area contributed by atoms with Gasteiger partial charge >= 0.3 is 0 Å². The summed E-state index contributed by atoms with van der Waals surface area (Å²) in [6.45, 7) is 9.93. The molecule has 1 aliphatic rings. The fourth-order valence-electron chi connectivity index (χ4n) is 3.02. The van der Waals surface area contributed by atoms with E-state index in [0.29, 0.717) is 5.92 Å². The van der Waals surface area contributed by atoms with Gasteiger partial charge in [0.15, 0.2) is 11.4 Å². The molecule has 0 bridgehead atoms. The van der Waals surface area contributed by atoms with Crippen LogP contribution in [-0.2, 0) is 14.3 Å². The van der Waals surface area contributed by atoms with Crippen LogP contribution >= 0.6 is 11.8 Å². The van der Waals surface area contributed by atoms with Gasteiger partial charge in [-0.25, -0.2) is 0 Å². The minimum absolute atomic E-state index is 0.0436. The molecule has 0 radical (unpaired) electrons. The van der Waals surface area contributed by atoms with Crippen LogP contribution in [0.3, 0.4) is 0 Å². The fourth-order valence-corrected chi connectivity index (χ4v) is 4.17. The van der Waals surface area contributed by atoms with E-state index in [-0.39, 0.29) is 16.2 Å². The van der Waals surface area contributed by atoms with Crippen LogP contribution in [0, 0.1) is 5.92 Å². The Kier molecular flexibility index (Phi) is 8.91. The molecule has 0 N–H and O–H groups in total. The Bertz CT molecular complexity index is 298. The summed E-state index contributed by atoms with van der Waals surface area (Å²) in [5.41, 5.74) is 0. The van der Waals surface area contributed by atoms with Gasteiger partial charge in [-0.2, -0.15) is 0 Å². The number of carbonyl (C=O) groups excluding carboxylic acids is 1.